The third kappa shape index (κ3) is 5.53. The van der Waals surface area contributed by atoms with Crippen LogP contribution in [0, 0.1) is 32.1 Å². The van der Waals surface area contributed by atoms with E-state index in [0.29, 0.717) is 18.2 Å². The molecule has 3 rings (SSSR count). The van der Waals surface area contributed by atoms with Crippen molar-refractivity contribution in [1.29, 1.82) is 5.26 Å². The van der Waals surface area contributed by atoms with Crippen LogP contribution in [-0.4, -0.2) is 33.0 Å². The van der Waals surface area contributed by atoms with Gasteiger partial charge in [-0.1, -0.05) is 41.6 Å². The summed E-state index contributed by atoms with van der Waals surface area (Å²) in [5, 5.41) is 18.5. The molecule has 0 radical (unpaired) electrons. The Morgan fingerprint density at radius 1 is 1.10 bits per heavy atom. The maximum atomic E-state index is 13.1. The summed E-state index contributed by atoms with van der Waals surface area (Å²) in [6.07, 6.45) is 0.284. The van der Waals surface area contributed by atoms with Crippen LogP contribution in [0.5, 0.6) is 0 Å². The lowest BCUT2D eigenvalue weighted by Crippen LogP contribution is -2.33. The molecule has 0 fully saturated rings. The van der Waals surface area contributed by atoms with E-state index in [9.17, 15) is 4.79 Å². The number of hydrogen-bond acceptors (Lipinski definition) is 5. The number of carbonyl (C=O) groups is 1. The Morgan fingerprint density at radius 2 is 1.84 bits per heavy atom. The van der Waals surface area contributed by atoms with Gasteiger partial charge in [-0.25, -0.2) is 0 Å². The lowest BCUT2D eigenvalue weighted by atomic mass is 10.1. The number of anilines is 1. The van der Waals surface area contributed by atoms with Crippen LogP contribution in [0.2, 0.25) is 0 Å². The van der Waals surface area contributed by atoms with Gasteiger partial charge < -0.3 is 9.47 Å². The molecule has 7 heteroatoms. The van der Waals surface area contributed by atoms with E-state index in [4.69, 9.17) is 5.26 Å². The van der Waals surface area contributed by atoms with Crippen LogP contribution in [0.15, 0.2) is 47.6 Å². The lowest BCUT2D eigenvalue weighted by Gasteiger charge is -2.22. The Balaban J connectivity index is 1.80. The Hall–Kier alpha value is -3.11. The highest BCUT2D eigenvalue weighted by molar-refractivity contribution is 7.99. The fraction of sp³-hybridized carbons (Fsp3) is 0.333. The predicted octanol–water partition coefficient (Wildman–Crippen LogP) is 4.93. The zero-order chi connectivity index (χ0) is 22.4. The van der Waals surface area contributed by atoms with Crippen LogP contribution < -0.4 is 4.90 Å². The average molecular weight is 434 g/mol. The van der Waals surface area contributed by atoms with Crippen molar-refractivity contribution in [3.8, 4) is 17.5 Å². The fourth-order valence-electron chi connectivity index (χ4n) is 3.55. The van der Waals surface area contributed by atoms with Gasteiger partial charge in [0.1, 0.15) is 0 Å². The van der Waals surface area contributed by atoms with Gasteiger partial charge in [0.05, 0.1) is 18.2 Å². The minimum Gasteiger partial charge on any atom is -0.311 e. The zero-order valence-corrected chi connectivity index (χ0v) is 19.2. The number of aryl methyl sites for hydroxylation is 3. The van der Waals surface area contributed by atoms with E-state index in [1.54, 1.807) is 4.90 Å². The molecule has 160 valence electrons. The highest BCUT2D eigenvalue weighted by Gasteiger charge is 2.19. The molecule has 0 saturated heterocycles. The van der Waals surface area contributed by atoms with Crippen LogP contribution in [-0.2, 0) is 11.3 Å². The van der Waals surface area contributed by atoms with E-state index in [2.05, 4.69) is 28.4 Å². The summed E-state index contributed by atoms with van der Waals surface area (Å²) in [5.41, 5.74) is 5.18. The van der Waals surface area contributed by atoms with Gasteiger partial charge in [-0.05, 0) is 57.0 Å². The number of nitrogens with zero attached hydrogens (tertiary/aromatic N) is 5. The van der Waals surface area contributed by atoms with Gasteiger partial charge in [0.15, 0.2) is 11.0 Å². The van der Waals surface area contributed by atoms with E-state index < -0.39 is 0 Å². The third-order valence-corrected chi connectivity index (χ3v) is 5.85. The number of aromatic nitrogens is 3. The van der Waals surface area contributed by atoms with Gasteiger partial charge in [0, 0.05) is 24.3 Å². The van der Waals surface area contributed by atoms with E-state index >= 15 is 0 Å². The van der Waals surface area contributed by atoms with E-state index in [1.807, 2.05) is 62.6 Å². The van der Waals surface area contributed by atoms with Crippen molar-refractivity contribution in [1.82, 2.24) is 14.8 Å². The van der Waals surface area contributed by atoms with Crippen molar-refractivity contribution in [2.75, 3.05) is 17.2 Å². The number of benzene rings is 2. The predicted molar refractivity (Wildman–Crippen MR) is 125 cm³/mol. The summed E-state index contributed by atoms with van der Waals surface area (Å²) in [6.45, 7) is 9.19. The number of thioether (sulfide) groups is 1. The monoisotopic (exact) mass is 433 g/mol. The molecule has 0 bridgehead atoms. The van der Waals surface area contributed by atoms with Gasteiger partial charge in [0.25, 0.3) is 0 Å². The summed E-state index contributed by atoms with van der Waals surface area (Å²) in [5.74, 6) is 0.981. The van der Waals surface area contributed by atoms with Gasteiger partial charge in [-0.3, -0.25) is 4.79 Å². The summed E-state index contributed by atoms with van der Waals surface area (Å²) >= 11 is 1.38. The molecule has 2 aromatic carbocycles. The van der Waals surface area contributed by atoms with Gasteiger partial charge in [0.2, 0.25) is 5.91 Å². The molecule has 6 nitrogen and oxygen atoms in total. The molecular formula is C24H27N5OS. The first-order chi connectivity index (χ1) is 14.9. The SMILES string of the molecule is CCn1c(SCC(=O)N(CCC#N)c2cc(C)cc(C)c2)nnc1-c1cccc(C)c1. The van der Waals surface area contributed by atoms with Crippen LogP contribution in [0.25, 0.3) is 11.4 Å². The molecule has 0 aliphatic heterocycles. The first kappa shape index (κ1) is 22.6. The minimum absolute atomic E-state index is 0.0481. The number of carbonyl (C=O) groups excluding carboxylic acids is 1. The smallest absolute Gasteiger partial charge is 0.237 e. The Bertz CT molecular complexity index is 1100. The van der Waals surface area contributed by atoms with Crippen LogP contribution in [0.3, 0.4) is 0 Å². The van der Waals surface area contributed by atoms with Crippen molar-refractivity contribution in [2.24, 2.45) is 0 Å². The molecule has 0 atom stereocenters. The van der Waals surface area contributed by atoms with Crippen LogP contribution in [0.4, 0.5) is 5.69 Å². The number of hydrogen-bond donors (Lipinski definition) is 0. The summed E-state index contributed by atoms with van der Waals surface area (Å²) in [7, 11) is 0. The molecule has 1 amide bonds. The van der Waals surface area contributed by atoms with Crippen molar-refractivity contribution < 1.29 is 4.79 Å². The Kier molecular flexibility index (Phi) is 7.48. The standard InChI is InChI=1S/C24H27N5OS/c1-5-28-23(20-9-6-8-17(2)13-20)26-27-24(28)31-16-22(30)29(11-7-10-25)21-14-18(3)12-19(4)15-21/h6,8-9,12-15H,5,7,11,16H2,1-4H3. The fourth-order valence-corrected chi connectivity index (χ4v) is 4.43. The normalized spacial score (nSPS) is 10.7. The van der Waals surface area contributed by atoms with Gasteiger partial charge >= 0.3 is 0 Å². The largest absolute Gasteiger partial charge is 0.311 e. The van der Waals surface area contributed by atoms with Gasteiger partial charge in [-0.15, -0.1) is 10.2 Å². The first-order valence-electron chi connectivity index (χ1n) is 10.3. The van der Waals surface area contributed by atoms with Crippen molar-refractivity contribution in [3.05, 3.63) is 59.2 Å². The first-order valence-corrected chi connectivity index (χ1v) is 11.3. The van der Waals surface area contributed by atoms with E-state index in [0.717, 1.165) is 33.8 Å². The third-order valence-electron chi connectivity index (χ3n) is 4.90. The number of rotatable bonds is 8. The molecule has 31 heavy (non-hydrogen) atoms. The highest BCUT2D eigenvalue weighted by atomic mass is 32.2. The zero-order valence-electron chi connectivity index (χ0n) is 18.4. The average Bonchev–Trinajstić information content (AvgIpc) is 3.15. The highest BCUT2D eigenvalue weighted by Crippen LogP contribution is 2.26. The van der Waals surface area contributed by atoms with Crippen LogP contribution in [0.1, 0.15) is 30.0 Å². The lowest BCUT2D eigenvalue weighted by molar-refractivity contribution is -0.116. The molecule has 0 aliphatic carbocycles. The minimum atomic E-state index is -0.0481. The Morgan fingerprint density at radius 3 is 2.48 bits per heavy atom. The van der Waals surface area contributed by atoms with Crippen LogP contribution >= 0.6 is 11.8 Å². The second kappa shape index (κ2) is 10.3. The van der Waals surface area contributed by atoms with E-state index in [-0.39, 0.29) is 18.1 Å². The molecule has 0 saturated carbocycles. The molecule has 1 heterocycles. The molecule has 0 spiro atoms. The van der Waals surface area contributed by atoms with Gasteiger partial charge in [-0.2, -0.15) is 5.26 Å². The Labute approximate surface area is 187 Å². The second-order valence-corrected chi connectivity index (χ2v) is 8.45. The van der Waals surface area contributed by atoms with Crippen molar-refractivity contribution in [3.63, 3.8) is 0 Å². The molecule has 0 aliphatic rings. The van der Waals surface area contributed by atoms with Crippen molar-refractivity contribution >= 4 is 23.4 Å². The maximum Gasteiger partial charge on any atom is 0.237 e. The summed E-state index contributed by atoms with van der Waals surface area (Å²) < 4.78 is 2.03. The quantitative estimate of drug-likeness (QED) is 0.471. The van der Waals surface area contributed by atoms with E-state index in [1.165, 1.54) is 11.8 Å². The molecule has 0 N–H and O–H groups in total. The summed E-state index contributed by atoms with van der Waals surface area (Å²) in [6, 6.07) is 16.3. The second-order valence-electron chi connectivity index (χ2n) is 7.51. The number of nitriles is 1. The maximum absolute atomic E-state index is 13.1. The number of amides is 1. The molecular weight excluding hydrogens is 406 g/mol. The van der Waals surface area contributed by atoms with Crippen molar-refractivity contribution in [2.45, 2.75) is 45.8 Å². The summed E-state index contributed by atoms with van der Waals surface area (Å²) in [4.78, 5) is 14.8. The topological polar surface area (TPSA) is 74.8 Å². The molecule has 1 aromatic heterocycles. The molecule has 3 aromatic rings. The molecule has 0 unspecified atom stereocenters.